The van der Waals surface area contributed by atoms with Crippen LogP contribution >= 0.6 is 11.8 Å². The zero-order valence-corrected chi connectivity index (χ0v) is 18.6. The van der Waals surface area contributed by atoms with Gasteiger partial charge in [-0.2, -0.15) is 5.10 Å². The molecule has 0 radical (unpaired) electrons. The zero-order chi connectivity index (χ0) is 20.5. The van der Waals surface area contributed by atoms with Gasteiger partial charge < -0.3 is 9.80 Å². The molecule has 1 amide bonds. The SMILES string of the molecule is Cc1cc(N2CCN([C@@H]3CC[C@H](C(=O)N4CCSC4)C3)CC2)n(-c2ccccc2)n1. The third-order valence-electron chi connectivity index (χ3n) is 6.79. The van der Waals surface area contributed by atoms with Gasteiger partial charge in [0.2, 0.25) is 5.91 Å². The van der Waals surface area contributed by atoms with Gasteiger partial charge in [0.05, 0.1) is 17.3 Å². The molecule has 2 aliphatic heterocycles. The first kappa shape index (κ1) is 19.9. The smallest absolute Gasteiger partial charge is 0.226 e. The van der Waals surface area contributed by atoms with Crippen LogP contribution < -0.4 is 4.90 Å². The number of carbonyl (C=O) groups excluding carboxylic acids is 1. The molecular weight excluding hydrogens is 394 g/mol. The van der Waals surface area contributed by atoms with Gasteiger partial charge in [-0.3, -0.25) is 9.69 Å². The van der Waals surface area contributed by atoms with Gasteiger partial charge in [-0.15, -0.1) is 11.8 Å². The largest absolute Gasteiger partial charge is 0.354 e. The minimum Gasteiger partial charge on any atom is -0.354 e. The molecule has 0 N–H and O–H groups in total. The molecule has 5 rings (SSSR count). The molecule has 1 aromatic heterocycles. The molecule has 7 heteroatoms. The van der Waals surface area contributed by atoms with E-state index in [2.05, 4.69) is 56.6 Å². The number of anilines is 1. The maximum Gasteiger partial charge on any atom is 0.226 e. The van der Waals surface area contributed by atoms with E-state index in [1.165, 1.54) is 12.2 Å². The number of piperazine rings is 1. The fourth-order valence-corrected chi connectivity index (χ4v) is 6.10. The minimum absolute atomic E-state index is 0.244. The molecule has 1 saturated carbocycles. The maximum atomic E-state index is 12.8. The van der Waals surface area contributed by atoms with Crippen LogP contribution in [0.15, 0.2) is 36.4 Å². The van der Waals surface area contributed by atoms with E-state index in [-0.39, 0.29) is 5.92 Å². The first-order valence-corrected chi connectivity index (χ1v) is 12.3. The van der Waals surface area contributed by atoms with Crippen molar-refractivity contribution in [3.8, 4) is 5.69 Å². The number of aromatic nitrogens is 2. The van der Waals surface area contributed by atoms with E-state index in [9.17, 15) is 4.79 Å². The number of rotatable bonds is 4. The average Bonchev–Trinajstić information content (AvgIpc) is 3.55. The van der Waals surface area contributed by atoms with E-state index in [0.717, 1.165) is 68.6 Å². The van der Waals surface area contributed by atoms with Crippen LogP contribution in [0.3, 0.4) is 0 Å². The lowest BCUT2D eigenvalue weighted by Crippen LogP contribution is -2.50. The summed E-state index contributed by atoms with van der Waals surface area (Å²) in [5.74, 6) is 3.83. The molecule has 2 atom stereocenters. The van der Waals surface area contributed by atoms with Crippen molar-refractivity contribution in [2.24, 2.45) is 5.92 Å². The van der Waals surface area contributed by atoms with Crippen molar-refractivity contribution in [3.05, 3.63) is 42.1 Å². The van der Waals surface area contributed by atoms with E-state index in [4.69, 9.17) is 5.10 Å². The van der Waals surface area contributed by atoms with Gasteiger partial charge in [-0.1, -0.05) is 18.2 Å². The summed E-state index contributed by atoms with van der Waals surface area (Å²) in [6.07, 6.45) is 3.27. The minimum atomic E-state index is 0.244. The van der Waals surface area contributed by atoms with E-state index in [1.807, 2.05) is 17.8 Å². The Hall–Kier alpha value is -1.99. The summed E-state index contributed by atoms with van der Waals surface area (Å²) >= 11 is 1.88. The predicted octanol–water partition coefficient (Wildman–Crippen LogP) is 3.00. The first-order valence-electron chi connectivity index (χ1n) is 11.2. The Morgan fingerprint density at radius 3 is 2.60 bits per heavy atom. The number of hydrogen-bond acceptors (Lipinski definition) is 5. The highest BCUT2D eigenvalue weighted by atomic mass is 32.2. The Bertz CT molecular complexity index is 871. The number of benzene rings is 1. The molecule has 0 bridgehead atoms. The molecule has 0 spiro atoms. The molecule has 30 heavy (non-hydrogen) atoms. The number of amides is 1. The average molecular weight is 426 g/mol. The van der Waals surface area contributed by atoms with Crippen molar-refractivity contribution in [1.82, 2.24) is 19.6 Å². The topological polar surface area (TPSA) is 44.6 Å². The highest BCUT2D eigenvalue weighted by Crippen LogP contribution is 2.33. The van der Waals surface area contributed by atoms with Crippen LogP contribution in [-0.4, -0.2) is 75.9 Å². The zero-order valence-electron chi connectivity index (χ0n) is 17.7. The predicted molar refractivity (Wildman–Crippen MR) is 122 cm³/mol. The van der Waals surface area contributed by atoms with E-state index in [1.54, 1.807) is 0 Å². The molecular formula is C23H31N5OS. The Morgan fingerprint density at radius 2 is 1.87 bits per heavy atom. The fraction of sp³-hybridized carbons (Fsp3) is 0.565. The number of aryl methyl sites for hydroxylation is 1. The molecule has 3 heterocycles. The van der Waals surface area contributed by atoms with Crippen LogP contribution in [0.2, 0.25) is 0 Å². The monoisotopic (exact) mass is 425 g/mol. The maximum absolute atomic E-state index is 12.8. The second-order valence-electron chi connectivity index (χ2n) is 8.72. The second kappa shape index (κ2) is 8.63. The van der Waals surface area contributed by atoms with E-state index < -0.39 is 0 Å². The van der Waals surface area contributed by atoms with Gasteiger partial charge in [-0.05, 0) is 38.3 Å². The van der Waals surface area contributed by atoms with Crippen molar-refractivity contribution in [3.63, 3.8) is 0 Å². The number of para-hydroxylation sites is 1. The van der Waals surface area contributed by atoms with Crippen LogP contribution in [0.1, 0.15) is 25.0 Å². The Morgan fingerprint density at radius 1 is 1.07 bits per heavy atom. The third-order valence-corrected chi connectivity index (χ3v) is 7.75. The molecule has 3 fully saturated rings. The van der Waals surface area contributed by atoms with Gasteiger partial charge in [0.25, 0.3) is 0 Å². The van der Waals surface area contributed by atoms with Crippen LogP contribution in [0.25, 0.3) is 5.69 Å². The van der Waals surface area contributed by atoms with Crippen LogP contribution in [-0.2, 0) is 4.79 Å². The molecule has 2 saturated heterocycles. The van der Waals surface area contributed by atoms with Gasteiger partial charge in [0.1, 0.15) is 5.82 Å². The summed E-state index contributed by atoms with van der Waals surface area (Å²) < 4.78 is 2.07. The number of carbonyl (C=O) groups is 1. The molecule has 0 unspecified atom stereocenters. The highest BCUT2D eigenvalue weighted by Gasteiger charge is 2.37. The molecule has 160 valence electrons. The first-order chi connectivity index (χ1) is 14.7. The number of nitrogens with zero attached hydrogens (tertiary/aromatic N) is 5. The molecule has 6 nitrogen and oxygen atoms in total. The fourth-order valence-electron chi connectivity index (χ4n) is 5.15. The number of thioether (sulfide) groups is 1. The van der Waals surface area contributed by atoms with Gasteiger partial charge in [0, 0.05) is 56.5 Å². The highest BCUT2D eigenvalue weighted by molar-refractivity contribution is 7.99. The molecule has 3 aliphatic rings. The van der Waals surface area contributed by atoms with Crippen molar-refractivity contribution in [1.29, 1.82) is 0 Å². The molecule has 2 aromatic rings. The van der Waals surface area contributed by atoms with E-state index >= 15 is 0 Å². The van der Waals surface area contributed by atoms with Crippen molar-refractivity contribution in [2.75, 3.05) is 49.3 Å². The Balaban J connectivity index is 1.20. The van der Waals surface area contributed by atoms with Crippen molar-refractivity contribution >= 4 is 23.5 Å². The van der Waals surface area contributed by atoms with Crippen molar-refractivity contribution in [2.45, 2.75) is 32.2 Å². The van der Waals surface area contributed by atoms with Gasteiger partial charge in [-0.25, -0.2) is 4.68 Å². The quantitative estimate of drug-likeness (QED) is 0.754. The Labute approximate surface area is 183 Å². The van der Waals surface area contributed by atoms with E-state index in [0.29, 0.717) is 11.9 Å². The van der Waals surface area contributed by atoms with Gasteiger partial charge >= 0.3 is 0 Å². The lowest BCUT2D eigenvalue weighted by atomic mass is 10.1. The summed E-state index contributed by atoms with van der Waals surface area (Å²) in [6.45, 7) is 7.14. The number of hydrogen-bond donors (Lipinski definition) is 0. The molecule has 1 aromatic carbocycles. The normalized spacial score (nSPS) is 25.2. The summed E-state index contributed by atoms with van der Waals surface area (Å²) in [6, 6.07) is 13.2. The van der Waals surface area contributed by atoms with Crippen LogP contribution in [0.5, 0.6) is 0 Å². The summed E-state index contributed by atoms with van der Waals surface area (Å²) in [5.41, 5.74) is 2.16. The summed E-state index contributed by atoms with van der Waals surface area (Å²) in [5, 5.41) is 4.74. The summed E-state index contributed by atoms with van der Waals surface area (Å²) in [7, 11) is 0. The van der Waals surface area contributed by atoms with Gasteiger partial charge in [0.15, 0.2) is 0 Å². The van der Waals surface area contributed by atoms with Crippen LogP contribution in [0, 0.1) is 12.8 Å². The Kier molecular flexibility index (Phi) is 5.74. The lowest BCUT2D eigenvalue weighted by Gasteiger charge is -2.39. The summed E-state index contributed by atoms with van der Waals surface area (Å²) in [4.78, 5) is 19.9. The van der Waals surface area contributed by atoms with Crippen molar-refractivity contribution < 1.29 is 4.79 Å². The lowest BCUT2D eigenvalue weighted by molar-refractivity contribution is -0.133. The standard InChI is InChI=1S/C23H31N5OS/c1-18-15-22(28(24-18)20-5-3-2-4-6-20)26-11-9-25(10-12-26)21-8-7-19(16-21)23(29)27-13-14-30-17-27/h2-6,15,19,21H,7-14,16-17H2,1H3/t19-,21+/m0/s1. The third kappa shape index (κ3) is 3.97. The second-order valence-corrected chi connectivity index (χ2v) is 9.79. The molecule has 1 aliphatic carbocycles. The van der Waals surface area contributed by atoms with Crippen LogP contribution in [0.4, 0.5) is 5.82 Å².